The first-order chi connectivity index (χ1) is 28.2. The van der Waals surface area contributed by atoms with Gasteiger partial charge in [-0.05, 0) is 129 Å². The Balaban J connectivity index is 1.18. The molecule has 0 saturated carbocycles. The summed E-state index contributed by atoms with van der Waals surface area (Å²) in [4.78, 5) is 2.46. The van der Waals surface area contributed by atoms with Gasteiger partial charge in [-0.25, -0.2) is 0 Å². The van der Waals surface area contributed by atoms with Gasteiger partial charge in [0.2, 0.25) is 0 Å². The Bertz CT molecular complexity index is 2930. The molecule has 2 aliphatic carbocycles. The molecule has 57 heavy (non-hydrogen) atoms. The minimum atomic E-state index is -0.421. The van der Waals surface area contributed by atoms with Crippen molar-refractivity contribution in [2.45, 2.75) is 44.9 Å². The Morgan fingerprint density at radius 3 is 1.63 bits per heavy atom. The van der Waals surface area contributed by atoms with Crippen LogP contribution < -0.4 is 4.90 Å². The Hall–Kier alpha value is -6.64. The normalized spacial score (nSPS) is 13.2. The first-order valence-electron chi connectivity index (χ1n) is 20.6. The molecule has 11 rings (SSSR count). The molecule has 0 unspecified atom stereocenters. The quantitative estimate of drug-likeness (QED) is 0.151. The largest absolute Gasteiger partial charge is 0.310 e. The van der Waals surface area contributed by atoms with Gasteiger partial charge in [0, 0.05) is 33.5 Å². The van der Waals surface area contributed by atoms with Crippen LogP contribution in [-0.4, -0.2) is 4.57 Å². The molecule has 0 saturated heterocycles. The second kappa shape index (κ2) is 13.2. The summed E-state index contributed by atoms with van der Waals surface area (Å²) in [5.74, 6) is 0. The van der Waals surface area contributed by atoms with Gasteiger partial charge in [0.15, 0.2) is 0 Å². The van der Waals surface area contributed by atoms with Gasteiger partial charge >= 0.3 is 0 Å². The molecule has 2 aliphatic rings. The van der Waals surface area contributed by atoms with E-state index in [9.17, 15) is 0 Å². The van der Waals surface area contributed by atoms with E-state index in [1.54, 1.807) is 0 Å². The maximum Gasteiger partial charge on any atom is 0.0726 e. The average molecular weight is 733 g/mol. The number of hydrogen-bond acceptors (Lipinski definition) is 1. The summed E-state index contributed by atoms with van der Waals surface area (Å²) in [6, 6.07) is 68.6. The smallest absolute Gasteiger partial charge is 0.0726 e. The Morgan fingerprint density at radius 2 is 0.930 bits per heavy atom. The lowest BCUT2D eigenvalue weighted by atomic mass is 9.70. The summed E-state index contributed by atoms with van der Waals surface area (Å²) in [5.41, 5.74) is 20.4. The molecule has 0 radical (unpaired) electrons. The van der Waals surface area contributed by atoms with E-state index >= 15 is 0 Å². The van der Waals surface area contributed by atoms with Crippen LogP contribution in [0.5, 0.6) is 0 Å². The lowest BCUT2D eigenvalue weighted by molar-refractivity contribution is 0.785. The third-order valence-electron chi connectivity index (χ3n) is 12.6. The van der Waals surface area contributed by atoms with E-state index in [1.165, 1.54) is 83.1 Å². The van der Waals surface area contributed by atoms with Gasteiger partial charge in [-0.3, -0.25) is 0 Å². The van der Waals surface area contributed by atoms with Crippen LogP contribution in [0.4, 0.5) is 17.1 Å². The number of aryl methyl sites for hydroxylation is 2. The fourth-order valence-corrected chi connectivity index (χ4v) is 10.3. The molecular weight excluding hydrogens is 689 g/mol. The first-order valence-corrected chi connectivity index (χ1v) is 20.6. The van der Waals surface area contributed by atoms with Crippen LogP contribution in [0.25, 0.3) is 49.7 Å². The average Bonchev–Trinajstić information content (AvgIpc) is 3.86. The predicted octanol–water partition coefficient (Wildman–Crippen LogP) is 14.5. The van der Waals surface area contributed by atoms with Crippen LogP contribution in [0.15, 0.2) is 182 Å². The van der Waals surface area contributed by atoms with Gasteiger partial charge in [0.25, 0.3) is 0 Å². The standard InChI is InChI=1S/C55H44N2/c1-3-15-37-25-29-44-45-30-26-38(16-4-2)34-51(45)55(50(44)33-37)49-23-13-11-21-43(49)46-31-27-42(36-52(46)55)56(39-17-7-5-8-18-39)41-28-32-54-48(35-41)47-22-12-14-24-53(47)57(54)40-19-9-6-10-20-40/h5-14,17-36H,3-4,15-16H2,1-2H3. The Labute approximate surface area is 335 Å². The zero-order valence-electron chi connectivity index (χ0n) is 32.5. The van der Waals surface area contributed by atoms with Crippen LogP contribution in [0.3, 0.4) is 0 Å². The molecule has 9 aromatic rings. The molecule has 274 valence electrons. The maximum absolute atomic E-state index is 2.54. The number of anilines is 3. The topological polar surface area (TPSA) is 8.17 Å². The van der Waals surface area contributed by atoms with Crippen molar-refractivity contribution >= 4 is 38.9 Å². The highest BCUT2D eigenvalue weighted by molar-refractivity contribution is 6.11. The number of para-hydroxylation sites is 3. The molecule has 2 heteroatoms. The fraction of sp³-hybridized carbons (Fsp3) is 0.127. The lowest BCUT2D eigenvalue weighted by Gasteiger charge is -2.32. The van der Waals surface area contributed by atoms with Crippen molar-refractivity contribution in [1.82, 2.24) is 4.57 Å². The maximum atomic E-state index is 2.54. The first kappa shape index (κ1) is 33.7. The van der Waals surface area contributed by atoms with Crippen molar-refractivity contribution < 1.29 is 0 Å². The summed E-state index contributed by atoms with van der Waals surface area (Å²) in [7, 11) is 0. The summed E-state index contributed by atoms with van der Waals surface area (Å²) >= 11 is 0. The fourth-order valence-electron chi connectivity index (χ4n) is 10.3. The summed E-state index contributed by atoms with van der Waals surface area (Å²) < 4.78 is 2.40. The Kier molecular flexibility index (Phi) is 7.83. The molecule has 2 nitrogen and oxygen atoms in total. The second-order valence-corrected chi connectivity index (χ2v) is 15.8. The van der Waals surface area contributed by atoms with E-state index in [4.69, 9.17) is 0 Å². The summed E-state index contributed by atoms with van der Waals surface area (Å²) in [5, 5.41) is 2.49. The van der Waals surface area contributed by atoms with Gasteiger partial charge in [0.05, 0.1) is 16.4 Å². The van der Waals surface area contributed by atoms with Crippen molar-refractivity contribution in [1.29, 1.82) is 0 Å². The van der Waals surface area contributed by atoms with E-state index in [0.717, 1.165) is 42.7 Å². The molecule has 8 aromatic carbocycles. The van der Waals surface area contributed by atoms with Crippen LogP contribution in [0, 0.1) is 0 Å². The third kappa shape index (κ3) is 4.96. The van der Waals surface area contributed by atoms with Crippen molar-refractivity contribution in [3.05, 3.63) is 215 Å². The van der Waals surface area contributed by atoms with Crippen LogP contribution in [0.2, 0.25) is 0 Å². The summed E-state index contributed by atoms with van der Waals surface area (Å²) in [6.45, 7) is 4.58. The highest BCUT2D eigenvalue weighted by Crippen LogP contribution is 2.63. The van der Waals surface area contributed by atoms with E-state index < -0.39 is 5.41 Å². The van der Waals surface area contributed by atoms with Gasteiger partial charge in [-0.15, -0.1) is 0 Å². The number of aromatic nitrogens is 1. The van der Waals surface area contributed by atoms with Gasteiger partial charge < -0.3 is 9.47 Å². The lowest BCUT2D eigenvalue weighted by Crippen LogP contribution is -2.26. The van der Waals surface area contributed by atoms with Gasteiger partial charge in [-0.2, -0.15) is 0 Å². The van der Waals surface area contributed by atoms with Crippen LogP contribution in [0.1, 0.15) is 60.1 Å². The number of fused-ring (bicyclic) bond motifs is 13. The van der Waals surface area contributed by atoms with Crippen LogP contribution >= 0.6 is 0 Å². The van der Waals surface area contributed by atoms with Crippen molar-refractivity contribution in [2.24, 2.45) is 0 Å². The van der Waals surface area contributed by atoms with Crippen molar-refractivity contribution in [3.8, 4) is 27.9 Å². The minimum absolute atomic E-state index is 0.421. The minimum Gasteiger partial charge on any atom is -0.310 e. The van der Waals surface area contributed by atoms with E-state index in [0.29, 0.717) is 0 Å². The molecule has 0 fully saturated rings. The number of hydrogen-bond donors (Lipinski definition) is 0. The third-order valence-corrected chi connectivity index (χ3v) is 12.6. The molecule has 0 aliphatic heterocycles. The molecule has 0 atom stereocenters. The SMILES string of the molecule is CCCc1ccc2c(c1)C1(c3ccccc3-c3ccc(N(c4ccccc4)c4ccc5c(c4)c4ccccc4n5-c4ccccc4)cc31)c1cc(CCC)ccc1-2. The molecule has 0 amide bonds. The monoisotopic (exact) mass is 732 g/mol. The summed E-state index contributed by atoms with van der Waals surface area (Å²) in [6.07, 6.45) is 4.38. The molecule has 1 aromatic heterocycles. The molecule has 1 spiro atoms. The van der Waals surface area contributed by atoms with Gasteiger partial charge in [-0.1, -0.05) is 148 Å². The highest BCUT2D eigenvalue weighted by Gasteiger charge is 2.52. The van der Waals surface area contributed by atoms with E-state index in [2.05, 4.69) is 205 Å². The zero-order valence-corrected chi connectivity index (χ0v) is 32.5. The second-order valence-electron chi connectivity index (χ2n) is 15.8. The molecular formula is C55H44N2. The van der Waals surface area contributed by atoms with E-state index in [-0.39, 0.29) is 0 Å². The van der Waals surface area contributed by atoms with Crippen molar-refractivity contribution in [3.63, 3.8) is 0 Å². The highest BCUT2D eigenvalue weighted by atomic mass is 15.1. The molecule has 1 heterocycles. The molecule has 0 N–H and O–H groups in total. The number of rotatable bonds is 8. The zero-order chi connectivity index (χ0) is 38.1. The number of nitrogens with zero attached hydrogens (tertiary/aromatic N) is 2. The number of benzene rings is 8. The predicted molar refractivity (Wildman–Crippen MR) is 240 cm³/mol. The molecule has 0 bridgehead atoms. The van der Waals surface area contributed by atoms with E-state index in [1.807, 2.05) is 0 Å². The Morgan fingerprint density at radius 1 is 0.404 bits per heavy atom. The van der Waals surface area contributed by atoms with Crippen molar-refractivity contribution in [2.75, 3.05) is 4.90 Å². The van der Waals surface area contributed by atoms with Gasteiger partial charge in [0.1, 0.15) is 0 Å². The van der Waals surface area contributed by atoms with Crippen LogP contribution in [-0.2, 0) is 18.3 Å².